The van der Waals surface area contributed by atoms with Crippen LogP contribution in [0.15, 0.2) is 53.4 Å². The van der Waals surface area contributed by atoms with Gasteiger partial charge in [0.1, 0.15) is 5.00 Å². The normalized spacial score (nSPS) is 12.1. The third-order valence-electron chi connectivity index (χ3n) is 2.62. The van der Waals surface area contributed by atoms with Crippen LogP contribution in [0.5, 0.6) is 0 Å². The van der Waals surface area contributed by atoms with E-state index >= 15 is 0 Å². The lowest BCUT2D eigenvalue weighted by Crippen LogP contribution is -2.03. The van der Waals surface area contributed by atoms with Crippen LogP contribution in [0.2, 0.25) is 0 Å². The highest BCUT2D eigenvalue weighted by molar-refractivity contribution is 7.14. The van der Waals surface area contributed by atoms with Crippen molar-refractivity contribution in [1.82, 2.24) is 0 Å². The van der Waals surface area contributed by atoms with Crippen LogP contribution >= 0.6 is 22.9 Å². The van der Waals surface area contributed by atoms with Gasteiger partial charge in [-0.05, 0) is 29.0 Å². The monoisotopic (exact) mass is 309 g/mol. The Hall–Kier alpha value is -1.78. The zero-order chi connectivity index (χ0) is 15.1. The van der Waals surface area contributed by atoms with Gasteiger partial charge in [0.15, 0.2) is 0 Å². The van der Waals surface area contributed by atoms with Crippen molar-refractivity contribution in [1.29, 1.82) is 0 Å². The lowest BCUT2D eigenvalue weighted by Gasteiger charge is -2.03. The first-order valence-corrected chi connectivity index (χ1v) is 7.11. The number of hydrogen-bond acceptors (Lipinski definition) is 3. The van der Waals surface area contributed by atoms with Crippen molar-refractivity contribution in [2.45, 2.75) is 6.42 Å². The van der Waals surface area contributed by atoms with Gasteiger partial charge in [0, 0.05) is 12.1 Å². The summed E-state index contributed by atoms with van der Waals surface area (Å²) in [6.45, 7) is 7.30. The van der Waals surface area contributed by atoms with Gasteiger partial charge in [-0.1, -0.05) is 43.0 Å². The van der Waals surface area contributed by atoms with E-state index < -0.39 is 5.97 Å². The summed E-state index contributed by atoms with van der Waals surface area (Å²) in [5, 5.41) is 15.2. The number of halogens is 1. The van der Waals surface area contributed by atoms with Gasteiger partial charge in [-0.25, -0.2) is 4.79 Å². The van der Waals surface area contributed by atoms with Crippen LogP contribution < -0.4 is 5.32 Å². The minimum atomic E-state index is -0.936. The molecule has 2 N–H and O–H groups in total. The lowest BCUT2D eigenvalue weighted by molar-refractivity contribution is 0.0697. The molecule has 0 atom stereocenters. The van der Waals surface area contributed by atoms with Gasteiger partial charge in [-0.15, -0.1) is 11.3 Å². The molecular formula is C15H16ClNO2S. The molecule has 0 fully saturated rings. The summed E-state index contributed by atoms with van der Waals surface area (Å²) < 4.78 is 0. The Bertz CT molecular complexity index is 585. The summed E-state index contributed by atoms with van der Waals surface area (Å²) in [4.78, 5) is 11.3. The molecular weight excluding hydrogens is 294 g/mol. The first-order chi connectivity index (χ1) is 9.53. The molecule has 5 heteroatoms. The van der Waals surface area contributed by atoms with Crippen LogP contribution in [0.25, 0.3) is 0 Å². The van der Waals surface area contributed by atoms with Crippen molar-refractivity contribution in [2.24, 2.45) is 0 Å². The van der Waals surface area contributed by atoms with Crippen molar-refractivity contribution in [3.63, 3.8) is 0 Å². The predicted molar refractivity (Wildman–Crippen MR) is 86.9 cm³/mol. The second kappa shape index (κ2) is 7.72. The highest BCUT2D eigenvalue weighted by Crippen LogP contribution is 2.29. The summed E-state index contributed by atoms with van der Waals surface area (Å²) in [5.41, 5.74) is 1.94. The van der Waals surface area contributed by atoms with Gasteiger partial charge in [0.25, 0.3) is 0 Å². The molecule has 0 amide bonds. The molecule has 106 valence electrons. The number of carboxylic acids is 1. The summed E-state index contributed by atoms with van der Waals surface area (Å²) in [6, 6.07) is 0. The van der Waals surface area contributed by atoms with Crippen molar-refractivity contribution >= 4 is 33.9 Å². The number of anilines is 1. The van der Waals surface area contributed by atoms with Gasteiger partial charge in [0.05, 0.1) is 5.56 Å². The molecule has 1 rings (SSSR count). The van der Waals surface area contributed by atoms with Crippen molar-refractivity contribution < 1.29 is 9.90 Å². The molecule has 1 aromatic heterocycles. The van der Waals surface area contributed by atoms with E-state index in [1.54, 1.807) is 25.3 Å². The SMILES string of the molecule is C=C/C(=C\C=C(\Cl)C=C)Cc1csc(NC)c1C(=O)O. The molecule has 0 bridgehead atoms. The first-order valence-electron chi connectivity index (χ1n) is 5.86. The summed E-state index contributed by atoms with van der Waals surface area (Å²) in [7, 11) is 1.71. The van der Waals surface area contributed by atoms with E-state index in [-0.39, 0.29) is 0 Å². The molecule has 1 aromatic rings. The molecule has 0 aliphatic rings. The molecule has 0 aliphatic heterocycles. The van der Waals surface area contributed by atoms with Crippen LogP contribution in [0.1, 0.15) is 15.9 Å². The largest absolute Gasteiger partial charge is 0.478 e. The standard InChI is InChI=1S/C15H16ClNO2S/c1-4-10(6-7-12(16)5-2)8-11-9-20-14(17-3)13(11)15(18)19/h4-7,9,17H,1-2,8H2,3H3,(H,18,19)/b10-6+,12-7+. The van der Waals surface area contributed by atoms with Crippen molar-refractivity contribution in [2.75, 3.05) is 12.4 Å². The Labute approximate surface area is 127 Å². The summed E-state index contributed by atoms with van der Waals surface area (Å²) in [5.74, 6) is -0.936. The minimum absolute atomic E-state index is 0.309. The Balaban J connectivity index is 3.08. The van der Waals surface area contributed by atoms with Gasteiger partial charge < -0.3 is 10.4 Å². The highest BCUT2D eigenvalue weighted by atomic mass is 35.5. The maximum atomic E-state index is 11.3. The van der Waals surface area contributed by atoms with Gasteiger partial charge in [-0.2, -0.15) is 0 Å². The Kier molecular flexibility index (Phi) is 6.28. The van der Waals surface area contributed by atoms with Crippen molar-refractivity contribution in [3.05, 3.63) is 64.6 Å². The third kappa shape index (κ3) is 4.11. The van der Waals surface area contributed by atoms with Gasteiger partial charge >= 0.3 is 5.97 Å². The second-order valence-corrected chi connectivity index (χ2v) is 5.21. The van der Waals surface area contributed by atoms with Crippen LogP contribution in [0.3, 0.4) is 0 Å². The fourth-order valence-corrected chi connectivity index (χ4v) is 2.59. The lowest BCUT2D eigenvalue weighted by atomic mass is 10.0. The number of nitrogens with one attached hydrogen (secondary N) is 1. The molecule has 0 aliphatic carbocycles. The third-order valence-corrected chi connectivity index (χ3v) is 3.94. The van der Waals surface area contributed by atoms with Gasteiger partial charge in [-0.3, -0.25) is 0 Å². The fourth-order valence-electron chi connectivity index (χ4n) is 1.62. The number of thiophene rings is 1. The number of aromatic carboxylic acids is 1. The predicted octanol–water partition coefficient (Wildman–Crippen LogP) is 4.45. The van der Waals surface area contributed by atoms with Crippen LogP contribution in [0.4, 0.5) is 5.00 Å². The molecule has 0 saturated heterocycles. The molecule has 0 radical (unpaired) electrons. The number of carbonyl (C=O) groups is 1. The highest BCUT2D eigenvalue weighted by Gasteiger charge is 2.17. The van der Waals surface area contributed by atoms with E-state index in [0.29, 0.717) is 22.0 Å². The van der Waals surface area contributed by atoms with E-state index in [1.165, 1.54) is 17.4 Å². The van der Waals surface area contributed by atoms with E-state index in [1.807, 2.05) is 5.38 Å². The molecule has 0 saturated carbocycles. The number of carboxylic acid groups (broad SMARTS) is 1. The van der Waals surface area contributed by atoms with Crippen LogP contribution in [-0.4, -0.2) is 18.1 Å². The first kappa shape index (κ1) is 16.3. The fraction of sp³-hybridized carbons (Fsp3) is 0.133. The topological polar surface area (TPSA) is 49.3 Å². The smallest absolute Gasteiger partial charge is 0.338 e. The van der Waals surface area contributed by atoms with E-state index in [0.717, 1.165) is 11.1 Å². The maximum Gasteiger partial charge on any atom is 0.338 e. The Morgan fingerprint density at radius 1 is 1.45 bits per heavy atom. The molecule has 0 spiro atoms. The minimum Gasteiger partial charge on any atom is -0.478 e. The Morgan fingerprint density at radius 3 is 2.65 bits per heavy atom. The zero-order valence-electron chi connectivity index (χ0n) is 11.1. The molecule has 20 heavy (non-hydrogen) atoms. The average molecular weight is 310 g/mol. The van der Waals surface area contributed by atoms with Crippen LogP contribution in [0, 0.1) is 0 Å². The van der Waals surface area contributed by atoms with Crippen LogP contribution in [-0.2, 0) is 6.42 Å². The molecule has 0 aromatic carbocycles. The molecule has 0 unspecified atom stereocenters. The average Bonchev–Trinajstić information content (AvgIpc) is 2.85. The second-order valence-electron chi connectivity index (χ2n) is 3.90. The quantitative estimate of drug-likeness (QED) is 0.731. The molecule has 3 nitrogen and oxygen atoms in total. The number of hydrogen-bond donors (Lipinski definition) is 2. The van der Waals surface area contributed by atoms with E-state index in [9.17, 15) is 9.90 Å². The van der Waals surface area contributed by atoms with E-state index in [4.69, 9.17) is 11.6 Å². The van der Waals surface area contributed by atoms with E-state index in [2.05, 4.69) is 18.5 Å². The van der Waals surface area contributed by atoms with Gasteiger partial charge in [0.2, 0.25) is 0 Å². The maximum absolute atomic E-state index is 11.3. The molecule has 1 heterocycles. The zero-order valence-corrected chi connectivity index (χ0v) is 12.7. The number of rotatable bonds is 7. The summed E-state index contributed by atoms with van der Waals surface area (Å²) >= 11 is 7.21. The number of allylic oxidation sites excluding steroid dienone is 6. The van der Waals surface area contributed by atoms with Crippen molar-refractivity contribution in [3.8, 4) is 0 Å². The summed E-state index contributed by atoms with van der Waals surface area (Å²) in [6.07, 6.45) is 7.22. The Morgan fingerprint density at radius 2 is 2.15 bits per heavy atom.